The molecular weight excluding hydrogens is 198 g/mol. The molecule has 0 aliphatic carbocycles. The number of rotatable bonds is 3. The molecule has 0 saturated carbocycles. The van der Waals surface area contributed by atoms with Crippen molar-refractivity contribution in [2.75, 3.05) is 7.11 Å². The first kappa shape index (κ1) is 11.3. The second kappa shape index (κ2) is 4.18. The predicted octanol–water partition coefficient (Wildman–Crippen LogP) is 1.12. The van der Waals surface area contributed by atoms with E-state index in [-0.39, 0.29) is 17.1 Å². The Hall–Kier alpha value is -1.75. The van der Waals surface area contributed by atoms with E-state index in [1.165, 1.54) is 19.2 Å². The lowest BCUT2D eigenvalue weighted by molar-refractivity contribution is 0.0693. The minimum absolute atomic E-state index is 0.0115. The Morgan fingerprint density at radius 1 is 1.53 bits per heavy atom. The summed E-state index contributed by atoms with van der Waals surface area (Å²) in [5, 5.41) is 18.4. The summed E-state index contributed by atoms with van der Waals surface area (Å²) in [4.78, 5) is 10.9. The Balaban J connectivity index is 3.37. The largest absolute Gasteiger partial charge is 0.507 e. The number of hydrogen-bond acceptors (Lipinski definition) is 4. The summed E-state index contributed by atoms with van der Waals surface area (Å²) in [7, 11) is 1.34. The van der Waals surface area contributed by atoms with E-state index in [2.05, 4.69) is 0 Å². The molecule has 4 N–H and O–H groups in total. The molecule has 5 heteroatoms. The summed E-state index contributed by atoms with van der Waals surface area (Å²) in [6.07, 6.45) is 0. The number of aromatic hydroxyl groups is 1. The quantitative estimate of drug-likeness (QED) is 0.696. The Bertz CT molecular complexity index is 387. The average Bonchev–Trinajstić information content (AvgIpc) is 2.16. The molecule has 1 aromatic carbocycles. The van der Waals surface area contributed by atoms with Crippen LogP contribution in [-0.2, 0) is 0 Å². The summed E-state index contributed by atoms with van der Waals surface area (Å²) in [6.45, 7) is 1.66. The van der Waals surface area contributed by atoms with E-state index in [1.807, 2.05) is 0 Å². The highest BCUT2D eigenvalue weighted by molar-refractivity contribution is 5.91. The van der Waals surface area contributed by atoms with E-state index >= 15 is 0 Å². The van der Waals surface area contributed by atoms with Crippen LogP contribution in [0.1, 0.15) is 28.9 Å². The molecule has 0 radical (unpaired) electrons. The number of benzene rings is 1. The number of methoxy groups -OCH3 is 1. The third-order valence-electron chi connectivity index (χ3n) is 2.07. The molecule has 0 spiro atoms. The van der Waals surface area contributed by atoms with E-state index < -0.39 is 12.0 Å². The minimum atomic E-state index is -1.12. The molecule has 5 nitrogen and oxygen atoms in total. The second-order valence-corrected chi connectivity index (χ2v) is 3.21. The van der Waals surface area contributed by atoms with Gasteiger partial charge in [0.05, 0.1) is 7.11 Å². The number of carboxylic acid groups (broad SMARTS) is 1. The number of phenols is 1. The highest BCUT2D eigenvalue weighted by atomic mass is 16.5. The molecule has 0 heterocycles. The maximum Gasteiger partial charge on any atom is 0.339 e. The molecule has 0 aromatic heterocycles. The Morgan fingerprint density at radius 2 is 2.13 bits per heavy atom. The first-order chi connectivity index (χ1) is 6.97. The van der Waals surface area contributed by atoms with Gasteiger partial charge < -0.3 is 20.7 Å². The van der Waals surface area contributed by atoms with Crippen molar-refractivity contribution in [2.45, 2.75) is 13.0 Å². The Labute approximate surface area is 87.1 Å². The van der Waals surface area contributed by atoms with Gasteiger partial charge in [0.15, 0.2) is 0 Å². The zero-order valence-corrected chi connectivity index (χ0v) is 8.52. The van der Waals surface area contributed by atoms with Gasteiger partial charge in [0.1, 0.15) is 17.1 Å². The van der Waals surface area contributed by atoms with Gasteiger partial charge in [-0.15, -0.1) is 0 Å². The van der Waals surface area contributed by atoms with Crippen molar-refractivity contribution in [1.82, 2.24) is 0 Å². The highest BCUT2D eigenvalue weighted by Crippen LogP contribution is 2.31. The smallest absolute Gasteiger partial charge is 0.339 e. The van der Waals surface area contributed by atoms with E-state index in [4.69, 9.17) is 15.6 Å². The second-order valence-electron chi connectivity index (χ2n) is 3.21. The molecule has 0 amide bonds. The van der Waals surface area contributed by atoms with Crippen LogP contribution >= 0.6 is 0 Å². The standard InChI is InChI=1S/C10H13NO4/c1-5(11)6-3-7(10(13)14)9(15-2)4-8(6)12/h3-5,12H,11H2,1-2H3,(H,13,14). The van der Waals surface area contributed by atoms with Crippen molar-refractivity contribution in [2.24, 2.45) is 5.73 Å². The van der Waals surface area contributed by atoms with Crippen molar-refractivity contribution in [3.63, 3.8) is 0 Å². The molecule has 1 atom stereocenters. The number of aromatic carboxylic acids is 1. The molecule has 0 aliphatic rings. The number of carboxylic acids is 1. The first-order valence-electron chi connectivity index (χ1n) is 4.37. The number of ether oxygens (including phenoxy) is 1. The van der Waals surface area contributed by atoms with Crippen molar-refractivity contribution >= 4 is 5.97 Å². The molecule has 0 aliphatic heterocycles. The molecule has 15 heavy (non-hydrogen) atoms. The first-order valence-corrected chi connectivity index (χ1v) is 4.37. The number of carbonyl (C=O) groups is 1. The molecular formula is C10H13NO4. The van der Waals surface area contributed by atoms with Crippen LogP contribution in [0.15, 0.2) is 12.1 Å². The van der Waals surface area contributed by atoms with E-state index in [1.54, 1.807) is 6.92 Å². The van der Waals surface area contributed by atoms with Crippen LogP contribution in [0, 0.1) is 0 Å². The maximum atomic E-state index is 10.9. The van der Waals surface area contributed by atoms with Crippen molar-refractivity contribution in [1.29, 1.82) is 0 Å². The van der Waals surface area contributed by atoms with Gasteiger partial charge in [0.25, 0.3) is 0 Å². The number of phenolic OH excluding ortho intramolecular Hbond substituents is 1. The predicted molar refractivity (Wildman–Crippen MR) is 54.2 cm³/mol. The van der Waals surface area contributed by atoms with Crippen LogP contribution in [0.25, 0.3) is 0 Å². The fourth-order valence-electron chi connectivity index (χ4n) is 1.29. The maximum absolute atomic E-state index is 10.9. The molecule has 1 rings (SSSR count). The van der Waals surface area contributed by atoms with Gasteiger partial charge in [-0.05, 0) is 13.0 Å². The summed E-state index contributed by atoms with van der Waals surface area (Å²) in [5.74, 6) is -1.06. The highest BCUT2D eigenvalue weighted by Gasteiger charge is 2.16. The van der Waals surface area contributed by atoms with Gasteiger partial charge in [-0.2, -0.15) is 0 Å². The summed E-state index contributed by atoms with van der Waals surface area (Å²) in [6, 6.07) is 2.14. The van der Waals surface area contributed by atoms with Gasteiger partial charge >= 0.3 is 5.97 Å². The van der Waals surface area contributed by atoms with Crippen LogP contribution < -0.4 is 10.5 Å². The SMILES string of the molecule is COc1cc(O)c(C(C)N)cc1C(=O)O. The summed E-state index contributed by atoms with van der Waals surface area (Å²) >= 11 is 0. The fourth-order valence-corrected chi connectivity index (χ4v) is 1.29. The molecule has 1 unspecified atom stereocenters. The molecule has 0 fully saturated rings. The van der Waals surface area contributed by atoms with Crippen LogP contribution in [-0.4, -0.2) is 23.3 Å². The minimum Gasteiger partial charge on any atom is -0.507 e. The number of hydrogen-bond donors (Lipinski definition) is 3. The lowest BCUT2D eigenvalue weighted by Crippen LogP contribution is -2.08. The van der Waals surface area contributed by atoms with Crippen LogP contribution in [0.3, 0.4) is 0 Å². The summed E-state index contributed by atoms with van der Waals surface area (Å²) in [5.41, 5.74) is 5.95. The van der Waals surface area contributed by atoms with Gasteiger partial charge in [-0.1, -0.05) is 0 Å². The van der Waals surface area contributed by atoms with Gasteiger partial charge in [0.2, 0.25) is 0 Å². The van der Waals surface area contributed by atoms with Gasteiger partial charge in [-0.25, -0.2) is 4.79 Å². The summed E-state index contributed by atoms with van der Waals surface area (Å²) < 4.78 is 4.84. The third-order valence-corrected chi connectivity index (χ3v) is 2.07. The monoisotopic (exact) mass is 211 g/mol. The van der Waals surface area contributed by atoms with E-state index in [0.717, 1.165) is 0 Å². The van der Waals surface area contributed by atoms with Crippen molar-refractivity contribution in [3.05, 3.63) is 23.3 Å². The van der Waals surface area contributed by atoms with Gasteiger partial charge in [0, 0.05) is 17.7 Å². The van der Waals surface area contributed by atoms with Crippen molar-refractivity contribution in [3.8, 4) is 11.5 Å². The van der Waals surface area contributed by atoms with E-state index in [9.17, 15) is 9.90 Å². The molecule has 82 valence electrons. The molecule has 0 saturated heterocycles. The van der Waals surface area contributed by atoms with Crippen LogP contribution in [0.2, 0.25) is 0 Å². The third kappa shape index (κ3) is 2.19. The fraction of sp³-hybridized carbons (Fsp3) is 0.300. The zero-order chi connectivity index (χ0) is 11.6. The van der Waals surface area contributed by atoms with Crippen LogP contribution in [0.5, 0.6) is 11.5 Å². The lowest BCUT2D eigenvalue weighted by atomic mass is 10.0. The zero-order valence-electron chi connectivity index (χ0n) is 8.52. The normalized spacial score (nSPS) is 12.2. The van der Waals surface area contributed by atoms with Gasteiger partial charge in [-0.3, -0.25) is 0 Å². The lowest BCUT2D eigenvalue weighted by Gasteiger charge is -2.12. The Kier molecular flexibility index (Phi) is 3.16. The number of nitrogens with two attached hydrogens (primary N) is 1. The van der Waals surface area contributed by atoms with Crippen molar-refractivity contribution < 1.29 is 19.7 Å². The Morgan fingerprint density at radius 3 is 2.53 bits per heavy atom. The average molecular weight is 211 g/mol. The van der Waals surface area contributed by atoms with E-state index in [0.29, 0.717) is 5.56 Å². The molecule has 1 aromatic rings. The molecule has 0 bridgehead atoms. The topological polar surface area (TPSA) is 92.8 Å². The van der Waals surface area contributed by atoms with Crippen LogP contribution in [0.4, 0.5) is 0 Å².